The van der Waals surface area contributed by atoms with Crippen molar-refractivity contribution in [3.63, 3.8) is 0 Å². The van der Waals surface area contributed by atoms with Crippen LogP contribution in [0.25, 0.3) is 0 Å². The van der Waals surface area contributed by atoms with Crippen LogP contribution in [0.2, 0.25) is 0 Å². The van der Waals surface area contributed by atoms with E-state index in [1.807, 2.05) is 49.4 Å². The summed E-state index contributed by atoms with van der Waals surface area (Å²) in [4.78, 5) is 6.80. The fourth-order valence-corrected chi connectivity index (χ4v) is 3.81. The Morgan fingerprint density at radius 2 is 1.80 bits per heavy atom. The molecule has 0 amide bonds. The van der Waals surface area contributed by atoms with Gasteiger partial charge in [-0.1, -0.05) is 12.1 Å². The van der Waals surface area contributed by atoms with Crippen molar-refractivity contribution in [1.82, 2.24) is 9.97 Å². The van der Waals surface area contributed by atoms with Crippen molar-refractivity contribution in [2.45, 2.75) is 24.3 Å². The standard InChI is InChI=1S/C20H18F3N5OS/c1-11-3-2-4-12(7-11)29-13-5-6-14-15(8-13)26-17(25-14)10-30-18-9-16(24)27-19(28-18)20(21,22)23/h2-9,17,25-26H,10H2,1H3,(H2,24,27,28). The number of alkyl halides is 3. The van der Waals surface area contributed by atoms with Crippen LogP contribution in [0.3, 0.4) is 0 Å². The molecular weight excluding hydrogens is 415 g/mol. The predicted molar refractivity (Wildman–Crippen MR) is 111 cm³/mol. The number of hydrogen-bond acceptors (Lipinski definition) is 7. The molecule has 0 saturated carbocycles. The van der Waals surface area contributed by atoms with Crippen LogP contribution in [0, 0.1) is 6.92 Å². The van der Waals surface area contributed by atoms with Crippen LogP contribution in [-0.2, 0) is 6.18 Å². The lowest BCUT2D eigenvalue weighted by Crippen LogP contribution is -2.24. The summed E-state index contributed by atoms with van der Waals surface area (Å²) in [5.41, 5.74) is 8.33. The molecule has 1 aromatic heterocycles. The Morgan fingerprint density at radius 1 is 1.03 bits per heavy atom. The predicted octanol–water partition coefficient (Wildman–Crippen LogP) is 5.13. The highest BCUT2D eigenvalue weighted by molar-refractivity contribution is 7.99. The molecular formula is C20H18F3N5OS. The van der Waals surface area contributed by atoms with E-state index in [9.17, 15) is 13.2 Å². The highest BCUT2D eigenvalue weighted by Gasteiger charge is 2.35. The van der Waals surface area contributed by atoms with Crippen LogP contribution in [-0.4, -0.2) is 21.9 Å². The number of ether oxygens (including phenoxy) is 1. The highest BCUT2D eigenvalue weighted by Crippen LogP contribution is 2.36. The molecule has 0 bridgehead atoms. The first-order valence-corrected chi connectivity index (χ1v) is 10.0. The Kier molecular flexibility index (Phi) is 5.33. The third-order valence-corrected chi connectivity index (χ3v) is 5.25. The van der Waals surface area contributed by atoms with Crippen molar-refractivity contribution < 1.29 is 17.9 Å². The molecule has 2 heterocycles. The van der Waals surface area contributed by atoms with E-state index in [2.05, 4.69) is 20.6 Å². The first-order valence-electron chi connectivity index (χ1n) is 9.02. The van der Waals surface area contributed by atoms with Gasteiger partial charge in [-0.05, 0) is 36.8 Å². The number of fused-ring (bicyclic) bond motifs is 1. The van der Waals surface area contributed by atoms with Crippen LogP contribution in [0.5, 0.6) is 11.5 Å². The number of nitrogen functional groups attached to an aromatic ring is 1. The molecule has 6 nitrogen and oxygen atoms in total. The zero-order valence-electron chi connectivity index (χ0n) is 15.8. The highest BCUT2D eigenvalue weighted by atomic mass is 32.2. The van der Waals surface area contributed by atoms with Crippen molar-refractivity contribution in [2.24, 2.45) is 0 Å². The maximum absolute atomic E-state index is 12.9. The van der Waals surface area contributed by atoms with Crippen LogP contribution in [0.1, 0.15) is 11.4 Å². The van der Waals surface area contributed by atoms with E-state index in [0.29, 0.717) is 11.5 Å². The quantitative estimate of drug-likeness (QED) is 0.380. The Hall–Kier alpha value is -3.14. The molecule has 0 spiro atoms. The zero-order valence-corrected chi connectivity index (χ0v) is 16.6. The fraction of sp³-hybridized carbons (Fsp3) is 0.200. The number of rotatable bonds is 5. The average molecular weight is 433 g/mol. The largest absolute Gasteiger partial charge is 0.457 e. The number of aromatic nitrogens is 2. The number of halogens is 3. The number of anilines is 3. The number of benzene rings is 2. The summed E-state index contributed by atoms with van der Waals surface area (Å²) < 4.78 is 44.5. The van der Waals surface area contributed by atoms with Crippen LogP contribution in [0.4, 0.5) is 30.4 Å². The maximum atomic E-state index is 12.9. The molecule has 1 aliphatic heterocycles. The monoisotopic (exact) mass is 433 g/mol. The Balaban J connectivity index is 1.40. The number of thioether (sulfide) groups is 1. The fourth-order valence-electron chi connectivity index (χ4n) is 2.95. The minimum Gasteiger partial charge on any atom is -0.457 e. The summed E-state index contributed by atoms with van der Waals surface area (Å²) in [5.74, 6) is 0.401. The van der Waals surface area contributed by atoms with E-state index in [-0.39, 0.29) is 17.0 Å². The third kappa shape index (κ3) is 4.70. The van der Waals surface area contributed by atoms with Gasteiger partial charge < -0.3 is 21.1 Å². The summed E-state index contributed by atoms with van der Waals surface area (Å²) in [5, 5.41) is 6.74. The first-order chi connectivity index (χ1) is 14.3. The topological polar surface area (TPSA) is 85.1 Å². The molecule has 0 fully saturated rings. The lowest BCUT2D eigenvalue weighted by atomic mass is 10.2. The molecule has 30 heavy (non-hydrogen) atoms. The third-order valence-electron chi connectivity index (χ3n) is 4.25. The average Bonchev–Trinajstić information content (AvgIpc) is 3.07. The van der Waals surface area contributed by atoms with Gasteiger partial charge in [-0.15, -0.1) is 11.8 Å². The molecule has 4 N–H and O–H groups in total. The van der Waals surface area contributed by atoms with Gasteiger partial charge in [-0.3, -0.25) is 0 Å². The molecule has 0 radical (unpaired) electrons. The molecule has 3 aromatic rings. The lowest BCUT2D eigenvalue weighted by molar-refractivity contribution is -0.145. The second-order valence-electron chi connectivity index (χ2n) is 6.73. The number of nitrogens with two attached hydrogens (primary N) is 1. The summed E-state index contributed by atoms with van der Waals surface area (Å²) >= 11 is 1.15. The summed E-state index contributed by atoms with van der Waals surface area (Å²) in [6.07, 6.45) is -4.83. The van der Waals surface area contributed by atoms with E-state index < -0.39 is 12.0 Å². The van der Waals surface area contributed by atoms with Gasteiger partial charge in [0.1, 0.15) is 28.5 Å². The number of nitrogens with zero attached hydrogens (tertiary/aromatic N) is 2. The zero-order chi connectivity index (χ0) is 21.3. The van der Waals surface area contributed by atoms with Gasteiger partial charge in [0.05, 0.1) is 11.4 Å². The van der Waals surface area contributed by atoms with Crippen LogP contribution in [0.15, 0.2) is 53.6 Å². The number of nitrogens with one attached hydrogen (secondary N) is 2. The van der Waals surface area contributed by atoms with Crippen molar-refractivity contribution in [3.05, 3.63) is 59.9 Å². The maximum Gasteiger partial charge on any atom is 0.451 e. The Labute approximate surface area is 175 Å². The van der Waals surface area contributed by atoms with Crippen molar-refractivity contribution in [1.29, 1.82) is 0 Å². The molecule has 1 atom stereocenters. The van der Waals surface area contributed by atoms with E-state index >= 15 is 0 Å². The van der Waals surface area contributed by atoms with E-state index in [1.165, 1.54) is 6.07 Å². The smallest absolute Gasteiger partial charge is 0.451 e. The summed E-state index contributed by atoms with van der Waals surface area (Å²) in [6.45, 7) is 1.99. The first kappa shape index (κ1) is 20.1. The van der Waals surface area contributed by atoms with Gasteiger partial charge >= 0.3 is 6.18 Å². The SMILES string of the molecule is Cc1cccc(Oc2ccc3c(c2)NC(CSc2cc(N)nc(C(F)(F)F)n2)N3)c1. The molecule has 4 rings (SSSR count). The summed E-state index contributed by atoms with van der Waals surface area (Å²) in [6, 6.07) is 14.7. The lowest BCUT2D eigenvalue weighted by Gasteiger charge is -2.12. The van der Waals surface area contributed by atoms with Gasteiger partial charge in [-0.2, -0.15) is 13.2 Å². The Bertz CT molecular complexity index is 1080. The molecule has 0 aliphatic carbocycles. The minimum atomic E-state index is -4.64. The van der Waals surface area contributed by atoms with Crippen LogP contribution < -0.4 is 21.1 Å². The van der Waals surface area contributed by atoms with Crippen molar-refractivity contribution in [2.75, 3.05) is 22.1 Å². The molecule has 10 heteroatoms. The van der Waals surface area contributed by atoms with Gasteiger partial charge in [0.15, 0.2) is 0 Å². The molecule has 2 aromatic carbocycles. The molecule has 0 saturated heterocycles. The summed E-state index contributed by atoms with van der Waals surface area (Å²) in [7, 11) is 0. The van der Waals surface area contributed by atoms with Crippen LogP contribution >= 0.6 is 11.8 Å². The van der Waals surface area contributed by atoms with Gasteiger partial charge in [0.25, 0.3) is 0 Å². The molecule has 1 unspecified atom stereocenters. The van der Waals surface area contributed by atoms with Crippen molar-refractivity contribution in [3.8, 4) is 11.5 Å². The normalized spacial score (nSPS) is 15.3. The number of aryl methyl sites for hydroxylation is 1. The second-order valence-corrected chi connectivity index (χ2v) is 7.77. The Morgan fingerprint density at radius 3 is 2.57 bits per heavy atom. The van der Waals surface area contributed by atoms with Crippen molar-refractivity contribution >= 4 is 29.0 Å². The molecule has 156 valence electrons. The van der Waals surface area contributed by atoms with Gasteiger partial charge in [0, 0.05) is 17.9 Å². The van der Waals surface area contributed by atoms with Gasteiger partial charge in [0.2, 0.25) is 5.82 Å². The van der Waals surface area contributed by atoms with E-state index in [4.69, 9.17) is 10.5 Å². The molecule has 1 aliphatic rings. The van der Waals surface area contributed by atoms with E-state index in [1.54, 1.807) is 0 Å². The van der Waals surface area contributed by atoms with E-state index in [0.717, 1.165) is 34.4 Å². The number of hydrogen-bond donors (Lipinski definition) is 3. The van der Waals surface area contributed by atoms with Gasteiger partial charge in [-0.25, -0.2) is 9.97 Å². The second kappa shape index (κ2) is 7.94. The minimum absolute atomic E-state index is 0.165.